The van der Waals surface area contributed by atoms with Gasteiger partial charge in [0.1, 0.15) is 6.33 Å². The summed E-state index contributed by atoms with van der Waals surface area (Å²) in [6.07, 6.45) is 6.05. The molecule has 0 aliphatic carbocycles. The fraction of sp³-hybridized carbons (Fsp3) is 0.500. The SMILES string of the molecule is O=C(O)CCC1CCN(C(=O)c2cncnc2)C1. The fourth-order valence-electron chi connectivity index (χ4n) is 2.17. The van der Waals surface area contributed by atoms with Crippen LogP contribution in [-0.4, -0.2) is 44.9 Å². The van der Waals surface area contributed by atoms with Crippen LogP contribution in [0, 0.1) is 5.92 Å². The molecule has 1 aliphatic rings. The van der Waals surface area contributed by atoms with Crippen LogP contribution >= 0.6 is 0 Å². The second-order valence-electron chi connectivity index (χ2n) is 4.47. The van der Waals surface area contributed by atoms with Gasteiger partial charge >= 0.3 is 5.97 Å². The summed E-state index contributed by atoms with van der Waals surface area (Å²) >= 11 is 0. The molecule has 0 bridgehead atoms. The first-order chi connectivity index (χ1) is 8.66. The molecular weight excluding hydrogens is 234 g/mol. The maximum absolute atomic E-state index is 12.1. The van der Waals surface area contributed by atoms with Crippen molar-refractivity contribution in [3.63, 3.8) is 0 Å². The molecule has 1 aromatic heterocycles. The average molecular weight is 249 g/mol. The minimum atomic E-state index is -0.781. The molecule has 2 heterocycles. The maximum atomic E-state index is 12.1. The molecule has 0 aromatic carbocycles. The first-order valence-corrected chi connectivity index (χ1v) is 5.93. The number of amides is 1. The van der Waals surface area contributed by atoms with E-state index in [1.165, 1.54) is 18.7 Å². The lowest BCUT2D eigenvalue weighted by Gasteiger charge is -2.15. The molecule has 1 atom stereocenters. The zero-order valence-corrected chi connectivity index (χ0v) is 9.95. The minimum Gasteiger partial charge on any atom is -0.481 e. The summed E-state index contributed by atoms with van der Waals surface area (Å²) in [5, 5.41) is 8.63. The number of aliphatic carboxylic acids is 1. The van der Waals surface area contributed by atoms with Crippen LogP contribution in [0.5, 0.6) is 0 Å². The Bertz CT molecular complexity index is 435. The van der Waals surface area contributed by atoms with Gasteiger partial charge in [-0.1, -0.05) is 0 Å². The highest BCUT2D eigenvalue weighted by molar-refractivity contribution is 5.93. The maximum Gasteiger partial charge on any atom is 0.303 e. The van der Waals surface area contributed by atoms with Gasteiger partial charge in [-0.15, -0.1) is 0 Å². The van der Waals surface area contributed by atoms with Crippen LogP contribution < -0.4 is 0 Å². The standard InChI is InChI=1S/C12H15N3O3/c16-11(17)2-1-9-3-4-15(7-9)12(18)10-5-13-8-14-6-10/h5-6,8-9H,1-4,7H2,(H,16,17). The average Bonchev–Trinajstić information content (AvgIpc) is 2.85. The molecule has 1 amide bonds. The molecule has 0 saturated carbocycles. The van der Waals surface area contributed by atoms with Gasteiger partial charge in [-0.2, -0.15) is 0 Å². The quantitative estimate of drug-likeness (QED) is 0.853. The van der Waals surface area contributed by atoms with Crippen molar-refractivity contribution < 1.29 is 14.7 Å². The molecule has 0 spiro atoms. The van der Waals surface area contributed by atoms with Gasteiger partial charge < -0.3 is 10.0 Å². The number of likely N-dealkylation sites (tertiary alicyclic amines) is 1. The highest BCUT2D eigenvalue weighted by Gasteiger charge is 2.27. The second kappa shape index (κ2) is 5.57. The van der Waals surface area contributed by atoms with Crippen molar-refractivity contribution in [1.82, 2.24) is 14.9 Å². The lowest BCUT2D eigenvalue weighted by Crippen LogP contribution is -2.28. The Morgan fingerprint density at radius 1 is 1.39 bits per heavy atom. The van der Waals surface area contributed by atoms with Crippen molar-refractivity contribution in [2.75, 3.05) is 13.1 Å². The van der Waals surface area contributed by atoms with Crippen LogP contribution in [0.1, 0.15) is 29.6 Å². The van der Waals surface area contributed by atoms with Crippen LogP contribution in [0.4, 0.5) is 0 Å². The Hall–Kier alpha value is -1.98. The number of carbonyl (C=O) groups is 2. The predicted octanol–water partition coefficient (Wildman–Crippen LogP) is 0.803. The normalized spacial score (nSPS) is 18.9. The van der Waals surface area contributed by atoms with E-state index in [0.29, 0.717) is 25.1 Å². The van der Waals surface area contributed by atoms with Crippen molar-refractivity contribution in [3.8, 4) is 0 Å². The third-order valence-corrected chi connectivity index (χ3v) is 3.15. The summed E-state index contributed by atoms with van der Waals surface area (Å²) in [7, 11) is 0. The molecule has 0 radical (unpaired) electrons. The molecule has 2 rings (SSSR count). The summed E-state index contributed by atoms with van der Waals surface area (Å²) in [5.74, 6) is -0.570. The van der Waals surface area contributed by atoms with Gasteiger partial charge in [-0.05, 0) is 18.8 Å². The monoisotopic (exact) mass is 249 g/mol. The number of carboxylic acid groups (broad SMARTS) is 1. The van der Waals surface area contributed by atoms with E-state index in [1.807, 2.05) is 0 Å². The Balaban J connectivity index is 1.89. The molecule has 1 fully saturated rings. The molecule has 1 aliphatic heterocycles. The zero-order valence-electron chi connectivity index (χ0n) is 9.95. The summed E-state index contributed by atoms with van der Waals surface area (Å²) < 4.78 is 0. The van der Waals surface area contributed by atoms with Gasteiger partial charge in [-0.25, -0.2) is 9.97 Å². The van der Waals surface area contributed by atoms with Crippen LogP contribution in [0.2, 0.25) is 0 Å². The van der Waals surface area contributed by atoms with E-state index in [2.05, 4.69) is 9.97 Å². The van der Waals surface area contributed by atoms with Gasteiger partial charge in [0.2, 0.25) is 0 Å². The van der Waals surface area contributed by atoms with Crippen LogP contribution in [0.3, 0.4) is 0 Å². The molecular formula is C12H15N3O3. The number of aromatic nitrogens is 2. The highest BCUT2D eigenvalue weighted by Crippen LogP contribution is 2.22. The summed E-state index contributed by atoms with van der Waals surface area (Å²) in [6.45, 7) is 1.30. The summed E-state index contributed by atoms with van der Waals surface area (Å²) in [4.78, 5) is 31.9. The van der Waals surface area contributed by atoms with Crippen LogP contribution in [0.25, 0.3) is 0 Å². The number of nitrogens with zero attached hydrogens (tertiary/aromatic N) is 3. The Kier molecular flexibility index (Phi) is 3.86. The first kappa shape index (κ1) is 12.5. The minimum absolute atomic E-state index is 0.0755. The van der Waals surface area contributed by atoms with E-state index >= 15 is 0 Å². The lowest BCUT2D eigenvalue weighted by atomic mass is 10.0. The molecule has 96 valence electrons. The van der Waals surface area contributed by atoms with Crippen molar-refractivity contribution >= 4 is 11.9 Å². The van der Waals surface area contributed by atoms with Gasteiger partial charge in [0.25, 0.3) is 5.91 Å². The summed E-state index contributed by atoms with van der Waals surface area (Å²) in [6, 6.07) is 0. The van der Waals surface area contributed by atoms with E-state index in [0.717, 1.165) is 6.42 Å². The smallest absolute Gasteiger partial charge is 0.303 e. The van der Waals surface area contributed by atoms with Crippen molar-refractivity contribution in [1.29, 1.82) is 0 Å². The molecule has 1 saturated heterocycles. The Labute approximate surface area is 105 Å². The predicted molar refractivity (Wildman–Crippen MR) is 62.9 cm³/mol. The molecule has 1 aromatic rings. The molecule has 1 unspecified atom stereocenters. The highest BCUT2D eigenvalue weighted by atomic mass is 16.4. The molecule has 6 nitrogen and oxygen atoms in total. The number of hydrogen-bond acceptors (Lipinski definition) is 4. The van der Waals surface area contributed by atoms with Gasteiger partial charge in [0, 0.05) is 31.9 Å². The molecule has 18 heavy (non-hydrogen) atoms. The summed E-state index contributed by atoms with van der Waals surface area (Å²) in [5.41, 5.74) is 0.483. The Morgan fingerprint density at radius 2 is 2.11 bits per heavy atom. The number of rotatable bonds is 4. The van der Waals surface area contributed by atoms with E-state index in [4.69, 9.17) is 5.11 Å². The van der Waals surface area contributed by atoms with Gasteiger partial charge in [0.15, 0.2) is 0 Å². The fourth-order valence-corrected chi connectivity index (χ4v) is 2.17. The third-order valence-electron chi connectivity index (χ3n) is 3.15. The van der Waals surface area contributed by atoms with Crippen molar-refractivity contribution in [2.24, 2.45) is 5.92 Å². The molecule has 6 heteroatoms. The van der Waals surface area contributed by atoms with Crippen LogP contribution in [0.15, 0.2) is 18.7 Å². The van der Waals surface area contributed by atoms with Crippen LogP contribution in [-0.2, 0) is 4.79 Å². The third kappa shape index (κ3) is 3.03. The van der Waals surface area contributed by atoms with Gasteiger partial charge in [-0.3, -0.25) is 9.59 Å². The lowest BCUT2D eigenvalue weighted by molar-refractivity contribution is -0.137. The number of carbonyl (C=O) groups excluding carboxylic acids is 1. The first-order valence-electron chi connectivity index (χ1n) is 5.93. The zero-order chi connectivity index (χ0) is 13.0. The van der Waals surface area contributed by atoms with E-state index < -0.39 is 5.97 Å². The largest absolute Gasteiger partial charge is 0.481 e. The Morgan fingerprint density at radius 3 is 2.78 bits per heavy atom. The number of carboxylic acids is 1. The van der Waals surface area contributed by atoms with Crippen molar-refractivity contribution in [2.45, 2.75) is 19.3 Å². The second-order valence-corrected chi connectivity index (χ2v) is 4.47. The van der Waals surface area contributed by atoms with E-state index in [9.17, 15) is 9.59 Å². The number of hydrogen-bond donors (Lipinski definition) is 1. The topological polar surface area (TPSA) is 83.4 Å². The van der Waals surface area contributed by atoms with Crippen molar-refractivity contribution in [3.05, 3.63) is 24.3 Å². The van der Waals surface area contributed by atoms with E-state index in [1.54, 1.807) is 4.90 Å². The van der Waals surface area contributed by atoms with Gasteiger partial charge in [0.05, 0.1) is 5.56 Å². The van der Waals surface area contributed by atoms with E-state index in [-0.39, 0.29) is 18.2 Å². The molecule has 1 N–H and O–H groups in total.